The molecule has 0 fully saturated rings. The van der Waals surface area contributed by atoms with Gasteiger partial charge < -0.3 is 5.11 Å². The van der Waals surface area contributed by atoms with Crippen LogP contribution in [0.25, 0.3) is 0 Å². The second kappa shape index (κ2) is 3.14. The van der Waals surface area contributed by atoms with Crippen LogP contribution in [0.15, 0.2) is 23.1 Å². The summed E-state index contributed by atoms with van der Waals surface area (Å²) in [6.07, 6.45) is 2.06. The van der Waals surface area contributed by atoms with Crippen LogP contribution < -0.4 is 0 Å². The van der Waals surface area contributed by atoms with Gasteiger partial charge in [-0.1, -0.05) is 12.1 Å². The fourth-order valence-corrected chi connectivity index (χ4v) is 2.73. The van der Waals surface area contributed by atoms with Gasteiger partial charge in [0.1, 0.15) is 0 Å². The monoisotopic (exact) mass is 214 g/mol. The Hall–Kier alpha value is -0.740. The molecule has 1 N–H and O–H groups in total. The van der Waals surface area contributed by atoms with E-state index < -0.39 is 16.7 Å². The number of hydrogen-bond donors (Lipinski definition) is 1. The zero-order valence-electron chi connectivity index (χ0n) is 7.79. The molecule has 0 bridgehead atoms. The molecule has 0 heterocycles. The highest BCUT2D eigenvalue weighted by atomic mass is 32.2. The minimum atomic E-state index is -2.29. The number of rotatable bonds is 1. The van der Waals surface area contributed by atoms with Crippen LogP contribution in [0, 0.1) is 0 Å². The van der Waals surface area contributed by atoms with Gasteiger partial charge in [-0.05, 0) is 18.1 Å². The molecule has 4 heteroatoms. The molecule has 1 aliphatic rings. The normalized spacial score (nSPS) is 27.4. The fourth-order valence-electron chi connectivity index (χ4n) is 1.88. The lowest BCUT2D eigenvalue weighted by Crippen LogP contribution is -2.17. The van der Waals surface area contributed by atoms with Gasteiger partial charge in [0.25, 0.3) is 0 Å². The lowest BCUT2D eigenvalue weighted by atomic mass is 10.1. The average Bonchev–Trinajstić information content (AvgIpc) is 2.43. The molecule has 0 amide bonds. The number of fused-ring (bicyclic) bond motifs is 1. The van der Waals surface area contributed by atoms with Crippen molar-refractivity contribution in [1.82, 2.24) is 0 Å². The molecule has 2 unspecified atom stereocenters. The number of hydrogen-bond acceptors (Lipinski definition) is 2. The third-order valence-electron chi connectivity index (χ3n) is 2.53. The summed E-state index contributed by atoms with van der Waals surface area (Å²) in [5, 5.41) is 9.48. The average molecular weight is 214 g/mol. The summed E-state index contributed by atoms with van der Waals surface area (Å²) >= 11 is 0. The summed E-state index contributed by atoms with van der Waals surface area (Å²) in [6.45, 7) is 0. The van der Waals surface area contributed by atoms with Crippen molar-refractivity contribution in [2.24, 2.45) is 0 Å². The molecule has 0 saturated carbocycles. The molecule has 1 aliphatic carbocycles. The lowest BCUT2D eigenvalue weighted by molar-refractivity contribution is -0.0947. The van der Waals surface area contributed by atoms with E-state index in [9.17, 15) is 13.7 Å². The van der Waals surface area contributed by atoms with Crippen LogP contribution in [0.2, 0.25) is 0 Å². The molecule has 1 aromatic carbocycles. The van der Waals surface area contributed by atoms with Crippen molar-refractivity contribution in [2.45, 2.75) is 23.6 Å². The van der Waals surface area contributed by atoms with E-state index in [1.165, 1.54) is 6.26 Å². The molecule has 2 rings (SSSR count). The first-order valence-corrected chi connectivity index (χ1v) is 5.95. The maximum atomic E-state index is 13.6. The Labute approximate surface area is 84.2 Å². The number of alkyl halides is 1. The Morgan fingerprint density at radius 1 is 1.57 bits per heavy atom. The lowest BCUT2D eigenvalue weighted by Gasteiger charge is -2.15. The first-order valence-electron chi connectivity index (χ1n) is 4.39. The highest BCUT2D eigenvalue weighted by Gasteiger charge is 2.39. The quantitative estimate of drug-likeness (QED) is 0.769. The van der Waals surface area contributed by atoms with Crippen molar-refractivity contribution in [2.75, 3.05) is 6.26 Å². The molecule has 2 atom stereocenters. The van der Waals surface area contributed by atoms with E-state index in [1.807, 2.05) is 0 Å². The fraction of sp³-hybridized carbons (Fsp3) is 0.400. The molecule has 0 spiro atoms. The van der Waals surface area contributed by atoms with Crippen LogP contribution in [0.5, 0.6) is 0 Å². The van der Waals surface area contributed by atoms with Crippen molar-refractivity contribution in [3.05, 3.63) is 29.3 Å². The third-order valence-corrected chi connectivity index (χ3v) is 3.49. The number of halogens is 1. The van der Waals surface area contributed by atoms with Crippen LogP contribution >= 0.6 is 0 Å². The van der Waals surface area contributed by atoms with Crippen molar-refractivity contribution in [3.8, 4) is 0 Å². The number of aryl methyl sites for hydroxylation is 1. The molecule has 14 heavy (non-hydrogen) atoms. The molecular formula is C10H11FO2S. The minimum absolute atomic E-state index is 0.0660. The van der Waals surface area contributed by atoms with Crippen LogP contribution in [-0.2, 0) is 23.1 Å². The smallest absolute Gasteiger partial charge is 0.234 e. The van der Waals surface area contributed by atoms with Crippen LogP contribution in [-0.4, -0.2) is 15.6 Å². The minimum Gasteiger partial charge on any atom is -0.358 e. The van der Waals surface area contributed by atoms with Gasteiger partial charge in [-0.15, -0.1) is 0 Å². The number of aliphatic hydroxyl groups is 1. The topological polar surface area (TPSA) is 37.3 Å². The van der Waals surface area contributed by atoms with E-state index in [0.717, 1.165) is 5.56 Å². The van der Waals surface area contributed by atoms with Crippen molar-refractivity contribution in [1.29, 1.82) is 0 Å². The predicted octanol–water partition coefficient (Wildman–Crippen LogP) is 1.48. The summed E-state index contributed by atoms with van der Waals surface area (Å²) in [5.74, 6) is -2.29. The Morgan fingerprint density at radius 2 is 2.29 bits per heavy atom. The zero-order chi connectivity index (χ0) is 10.3. The van der Waals surface area contributed by atoms with Crippen molar-refractivity contribution < 1.29 is 13.7 Å². The maximum Gasteiger partial charge on any atom is 0.234 e. The van der Waals surface area contributed by atoms with Gasteiger partial charge >= 0.3 is 0 Å². The third kappa shape index (κ3) is 1.38. The highest BCUT2D eigenvalue weighted by molar-refractivity contribution is 7.84. The van der Waals surface area contributed by atoms with Gasteiger partial charge in [-0.3, -0.25) is 4.21 Å². The van der Waals surface area contributed by atoms with Crippen LogP contribution in [0.4, 0.5) is 4.39 Å². The van der Waals surface area contributed by atoms with Crippen molar-refractivity contribution in [3.63, 3.8) is 0 Å². The van der Waals surface area contributed by atoms with E-state index in [0.29, 0.717) is 11.3 Å². The van der Waals surface area contributed by atoms with E-state index >= 15 is 0 Å². The maximum absolute atomic E-state index is 13.6. The van der Waals surface area contributed by atoms with E-state index in [4.69, 9.17) is 0 Å². The Balaban J connectivity index is 2.66. The van der Waals surface area contributed by atoms with E-state index in [1.54, 1.807) is 18.2 Å². The molecule has 0 aliphatic heterocycles. The molecule has 2 nitrogen and oxygen atoms in total. The SMILES string of the molecule is CS(=O)c1cccc2c1C(O)(F)CC2. The van der Waals surface area contributed by atoms with E-state index in [2.05, 4.69) is 0 Å². The first kappa shape index (κ1) is 9.80. The first-order chi connectivity index (χ1) is 6.52. The molecule has 1 aromatic rings. The standard InChI is InChI=1S/C10H11FO2S/c1-14(13)8-4-2-3-7-5-6-10(11,12)9(7)8/h2-4,12H,5-6H2,1H3. The summed E-state index contributed by atoms with van der Waals surface area (Å²) in [7, 11) is -1.26. The molecule has 0 aromatic heterocycles. The summed E-state index contributed by atoms with van der Waals surface area (Å²) < 4.78 is 25.0. The largest absolute Gasteiger partial charge is 0.358 e. The predicted molar refractivity (Wildman–Crippen MR) is 52.1 cm³/mol. The second-order valence-corrected chi connectivity index (χ2v) is 4.85. The Morgan fingerprint density at radius 3 is 2.93 bits per heavy atom. The summed E-state index contributed by atoms with van der Waals surface area (Å²) in [5.41, 5.74) is 0.989. The Bertz CT molecular complexity index is 401. The van der Waals surface area contributed by atoms with Gasteiger partial charge in [0.15, 0.2) is 0 Å². The van der Waals surface area contributed by atoms with Crippen molar-refractivity contribution >= 4 is 10.8 Å². The second-order valence-electron chi connectivity index (χ2n) is 3.50. The molecule has 76 valence electrons. The molecule has 0 saturated heterocycles. The van der Waals surface area contributed by atoms with Crippen LogP contribution in [0.1, 0.15) is 17.5 Å². The zero-order valence-corrected chi connectivity index (χ0v) is 8.60. The van der Waals surface area contributed by atoms with Crippen LogP contribution in [0.3, 0.4) is 0 Å². The van der Waals surface area contributed by atoms with Gasteiger partial charge in [0, 0.05) is 23.1 Å². The summed E-state index contributed by atoms with van der Waals surface area (Å²) in [6, 6.07) is 5.12. The van der Waals surface area contributed by atoms with Gasteiger partial charge in [0.05, 0.1) is 10.8 Å². The van der Waals surface area contributed by atoms with E-state index in [-0.39, 0.29) is 12.0 Å². The molecular weight excluding hydrogens is 203 g/mol. The van der Waals surface area contributed by atoms with Gasteiger partial charge in [-0.2, -0.15) is 0 Å². The number of benzene rings is 1. The van der Waals surface area contributed by atoms with Gasteiger partial charge in [-0.25, -0.2) is 4.39 Å². The highest BCUT2D eigenvalue weighted by Crippen LogP contribution is 2.40. The molecule has 0 radical (unpaired) electrons. The Kier molecular flexibility index (Phi) is 2.20. The summed E-state index contributed by atoms with van der Waals surface area (Å²) in [4.78, 5) is 0.407. The van der Waals surface area contributed by atoms with Gasteiger partial charge in [0.2, 0.25) is 5.85 Å².